The maximum Gasteiger partial charge on any atom is 0.0621 e. The molecule has 1 rings (SSSR count). The van der Waals surface area contributed by atoms with Crippen LogP contribution in [0.2, 0.25) is 0 Å². The number of nitrogens with zero attached hydrogens (tertiary/aromatic N) is 1. The maximum atomic E-state index is 8.97. The standard InChI is InChI=1S/C11H19NO/c1-11(13)7-3-6-10-12-8-4-2-5-9-12/h11,13H,2,4-5,7-10H2,1H3. The van der Waals surface area contributed by atoms with Crippen LogP contribution < -0.4 is 0 Å². The highest BCUT2D eigenvalue weighted by Crippen LogP contribution is 2.07. The molecule has 0 radical (unpaired) electrons. The molecule has 13 heavy (non-hydrogen) atoms. The van der Waals surface area contributed by atoms with Crippen molar-refractivity contribution in [2.75, 3.05) is 19.6 Å². The van der Waals surface area contributed by atoms with Crippen LogP contribution in [0.25, 0.3) is 0 Å². The first-order chi connectivity index (χ1) is 6.29. The van der Waals surface area contributed by atoms with Gasteiger partial charge in [-0.15, -0.1) is 0 Å². The Labute approximate surface area is 80.9 Å². The summed E-state index contributed by atoms with van der Waals surface area (Å²) in [5.74, 6) is 6.09. The summed E-state index contributed by atoms with van der Waals surface area (Å²) >= 11 is 0. The molecule has 2 nitrogen and oxygen atoms in total. The largest absolute Gasteiger partial charge is 0.392 e. The van der Waals surface area contributed by atoms with Crippen LogP contribution >= 0.6 is 0 Å². The number of aliphatic hydroxyl groups excluding tert-OH is 1. The minimum atomic E-state index is -0.283. The van der Waals surface area contributed by atoms with Crippen LogP contribution in [-0.2, 0) is 0 Å². The van der Waals surface area contributed by atoms with Crippen LogP contribution in [0.15, 0.2) is 0 Å². The summed E-state index contributed by atoms with van der Waals surface area (Å²) in [4.78, 5) is 2.39. The predicted octanol–water partition coefficient (Wildman–Crippen LogP) is 1.25. The van der Waals surface area contributed by atoms with Gasteiger partial charge in [-0.05, 0) is 32.9 Å². The van der Waals surface area contributed by atoms with E-state index in [0.29, 0.717) is 6.42 Å². The van der Waals surface area contributed by atoms with Crippen molar-refractivity contribution in [1.29, 1.82) is 0 Å². The fourth-order valence-corrected chi connectivity index (χ4v) is 1.51. The zero-order valence-electron chi connectivity index (χ0n) is 8.42. The van der Waals surface area contributed by atoms with E-state index in [9.17, 15) is 0 Å². The number of hydrogen-bond donors (Lipinski definition) is 1. The summed E-state index contributed by atoms with van der Waals surface area (Å²) in [5, 5.41) is 8.97. The number of hydrogen-bond acceptors (Lipinski definition) is 2. The van der Waals surface area contributed by atoms with Gasteiger partial charge in [-0.3, -0.25) is 4.90 Å². The highest BCUT2D eigenvalue weighted by molar-refractivity contribution is 5.02. The molecule has 1 heterocycles. The van der Waals surface area contributed by atoms with Crippen LogP contribution in [0.1, 0.15) is 32.6 Å². The molecule has 0 aromatic heterocycles. The van der Waals surface area contributed by atoms with Crippen molar-refractivity contribution in [3.63, 3.8) is 0 Å². The zero-order chi connectivity index (χ0) is 9.52. The van der Waals surface area contributed by atoms with Gasteiger partial charge >= 0.3 is 0 Å². The first-order valence-electron chi connectivity index (χ1n) is 5.15. The summed E-state index contributed by atoms with van der Waals surface area (Å²) < 4.78 is 0. The van der Waals surface area contributed by atoms with Gasteiger partial charge in [0.1, 0.15) is 0 Å². The smallest absolute Gasteiger partial charge is 0.0621 e. The summed E-state index contributed by atoms with van der Waals surface area (Å²) in [6, 6.07) is 0. The van der Waals surface area contributed by atoms with E-state index in [2.05, 4.69) is 16.7 Å². The highest BCUT2D eigenvalue weighted by Gasteiger charge is 2.07. The quantitative estimate of drug-likeness (QED) is 0.648. The molecule has 0 aliphatic carbocycles. The lowest BCUT2D eigenvalue weighted by molar-refractivity contribution is 0.201. The van der Waals surface area contributed by atoms with Crippen LogP contribution in [-0.4, -0.2) is 35.7 Å². The molecule has 1 atom stereocenters. The van der Waals surface area contributed by atoms with Crippen molar-refractivity contribution in [1.82, 2.24) is 4.90 Å². The van der Waals surface area contributed by atoms with E-state index in [1.165, 1.54) is 32.4 Å². The summed E-state index contributed by atoms with van der Waals surface area (Å²) in [6.07, 6.45) is 4.33. The van der Waals surface area contributed by atoms with Crippen molar-refractivity contribution in [2.24, 2.45) is 0 Å². The molecule has 0 aromatic rings. The van der Waals surface area contributed by atoms with Gasteiger partial charge in [0.2, 0.25) is 0 Å². The van der Waals surface area contributed by atoms with Gasteiger partial charge in [-0.25, -0.2) is 0 Å². The summed E-state index contributed by atoms with van der Waals surface area (Å²) in [6.45, 7) is 5.05. The molecule has 0 bridgehead atoms. The molecule has 74 valence electrons. The van der Waals surface area contributed by atoms with E-state index in [1.54, 1.807) is 6.92 Å². The lowest BCUT2D eigenvalue weighted by Gasteiger charge is -2.23. The molecule has 0 spiro atoms. The molecule has 0 aromatic carbocycles. The van der Waals surface area contributed by atoms with Crippen LogP contribution in [0.5, 0.6) is 0 Å². The second-order valence-electron chi connectivity index (χ2n) is 3.74. The third-order valence-electron chi connectivity index (χ3n) is 2.27. The third kappa shape index (κ3) is 4.92. The highest BCUT2D eigenvalue weighted by atomic mass is 16.3. The molecule has 1 fully saturated rings. The van der Waals surface area contributed by atoms with Crippen LogP contribution in [0, 0.1) is 11.8 Å². The van der Waals surface area contributed by atoms with E-state index >= 15 is 0 Å². The molecule has 0 amide bonds. The number of aliphatic hydroxyl groups is 1. The van der Waals surface area contributed by atoms with Crippen LogP contribution in [0.3, 0.4) is 0 Å². The Hall–Kier alpha value is -0.520. The lowest BCUT2D eigenvalue weighted by Crippen LogP contribution is -2.29. The second-order valence-corrected chi connectivity index (χ2v) is 3.74. The topological polar surface area (TPSA) is 23.5 Å². The van der Waals surface area contributed by atoms with Crippen molar-refractivity contribution in [3.8, 4) is 11.8 Å². The van der Waals surface area contributed by atoms with Crippen molar-refractivity contribution in [3.05, 3.63) is 0 Å². The fourth-order valence-electron chi connectivity index (χ4n) is 1.51. The number of piperidine rings is 1. The Morgan fingerprint density at radius 3 is 2.54 bits per heavy atom. The average molecular weight is 181 g/mol. The van der Waals surface area contributed by atoms with Gasteiger partial charge in [0.15, 0.2) is 0 Å². The van der Waals surface area contributed by atoms with Crippen molar-refractivity contribution in [2.45, 2.75) is 38.7 Å². The van der Waals surface area contributed by atoms with Crippen molar-refractivity contribution < 1.29 is 5.11 Å². The van der Waals surface area contributed by atoms with Gasteiger partial charge in [-0.1, -0.05) is 18.3 Å². The molecular formula is C11H19NO. The van der Waals surface area contributed by atoms with E-state index in [1.807, 2.05) is 0 Å². The molecule has 1 aliphatic rings. The second kappa shape index (κ2) is 6.01. The lowest BCUT2D eigenvalue weighted by atomic mass is 10.1. The van der Waals surface area contributed by atoms with Gasteiger partial charge in [0.05, 0.1) is 12.6 Å². The van der Waals surface area contributed by atoms with Gasteiger partial charge in [0, 0.05) is 6.42 Å². The van der Waals surface area contributed by atoms with Crippen LogP contribution in [0.4, 0.5) is 0 Å². The van der Waals surface area contributed by atoms with E-state index < -0.39 is 0 Å². The van der Waals surface area contributed by atoms with E-state index in [-0.39, 0.29) is 6.10 Å². The van der Waals surface area contributed by atoms with Crippen molar-refractivity contribution >= 4 is 0 Å². The minimum Gasteiger partial charge on any atom is -0.392 e. The van der Waals surface area contributed by atoms with E-state index in [0.717, 1.165) is 6.54 Å². The third-order valence-corrected chi connectivity index (χ3v) is 2.27. The Morgan fingerprint density at radius 1 is 1.23 bits per heavy atom. The van der Waals surface area contributed by atoms with Gasteiger partial charge in [0.25, 0.3) is 0 Å². The number of rotatable bonds is 2. The Bertz CT molecular complexity index is 184. The Kier molecular flexibility index (Phi) is 4.88. The predicted molar refractivity (Wildman–Crippen MR) is 54.4 cm³/mol. The van der Waals surface area contributed by atoms with E-state index in [4.69, 9.17) is 5.11 Å². The molecular weight excluding hydrogens is 162 g/mol. The monoisotopic (exact) mass is 181 g/mol. The summed E-state index contributed by atoms with van der Waals surface area (Å²) in [5.41, 5.74) is 0. The molecule has 1 N–H and O–H groups in total. The molecule has 1 unspecified atom stereocenters. The molecule has 2 heteroatoms. The Morgan fingerprint density at radius 2 is 1.92 bits per heavy atom. The SMILES string of the molecule is CC(O)CC#CCN1CCCCC1. The molecule has 0 saturated carbocycles. The molecule has 1 saturated heterocycles. The number of likely N-dealkylation sites (tertiary alicyclic amines) is 1. The van der Waals surface area contributed by atoms with Gasteiger partial charge < -0.3 is 5.11 Å². The fraction of sp³-hybridized carbons (Fsp3) is 0.818. The minimum absolute atomic E-state index is 0.283. The van der Waals surface area contributed by atoms with Gasteiger partial charge in [-0.2, -0.15) is 0 Å². The maximum absolute atomic E-state index is 8.97. The zero-order valence-corrected chi connectivity index (χ0v) is 8.42. The normalized spacial score (nSPS) is 20.5. The molecule has 1 aliphatic heterocycles. The first-order valence-corrected chi connectivity index (χ1v) is 5.15. The average Bonchev–Trinajstić information content (AvgIpc) is 2.14. The Balaban J connectivity index is 2.11. The summed E-state index contributed by atoms with van der Waals surface area (Å²) in [7, 11) is 0. The first kappa shape index (κ1) is 10.6.